The summed E-state index contributed by atoms with van der Waals surface area (Å²) in [6.07, 6.45) is 0. The quantitative estimate of drug-likeness (QED) is 0.562. The van der Waals surface area contributed by atoms with Gasteiger partial charge < -0.3 is 9.73 Å². The zero-order chi connectivity index (χ0) is 16.7. The van der Waals surface area contributed by atoms with E-state index in [1.54, 1.807) is 16.6 Å². The predicted molar refractivity (Wildman–Crippen MR) is 93.2 cm³/mol. The molecule has 0 bridgehead atoms. The third-order valence-electron chi connectivity index (χ3n) is 3.35. The van der Waals surface area contributed by atoms with Crippen molar-refractivity contribution in [1.82, 2.24) is 19.8 Å². The first-order valence-electron chi connectivity index (χ1n) is 6.97. The monoisotopic (exact) mass is 403 g/mol. The summed E-state index contributed by atoms with van der Waals surface area (Å²) in [5.41, 5.74) is 1.46. The lowest BCUT2D eigenvalue weighted by molar-refractivity contribution is 0.0995. The first-order valence-corrected chi connectivity index (χ1v) is 8.58. The molecule has 0 aliphatic rings. The van der Waals surface area contributed by atoms with Gasteiger partial charge in [-0.3, -0.25) is 4.79 Å². The number of para-hydroxylation sites is 1. The largest absolute Gasteiger partial charge is 0.444 e. The lowest BCUT2D eigenvalue weighted by Gasteiger charge is -2.07. The normalized spacial score (nSPS) is 11.1. The molecule has 3 heterocycles. The maximum absolute atomic E-state index is 12.3. The van der Waals surface area contributed by atoms with Crippen LogP contribution >= 0.6 is 27.3 Å². The van der Waals surface area contributed by atoms with Crippen LogP contribution in [-0.2, 0) is 0 Å². The molecule has 9 heteroatoms. The number of fused-ring (bicyclic) bond motifs is 1. The van der Waals surface area contributed by atoms with Crippen molar-refractivity contribution in [2.45, 2.75) is 6.92 Å². The van der Waals surface area contributed by atoms with Gasteiger partial charge in [-0.15, -0.1) is 10.2 Å². The van der Waals surface area contributed by atoms with Crippen molar-refractivity contribution in [3.05, 3.63) is 52.7 Å². The summed E-state index contributed by atoms with van der Waals surface area (Å²) in [5.74, 6) is 0.618. The van der Waals surface area contributed by atoms with Gasteiger partial charge in [0.2, 0.25) is 4.96 Å². The van der Waals surface area contributed by atoms with Crippen LogP contribution in [0.3, 0.4) is 0 Å². The second kappa shape index (κ2) is 5.84. The third-order valence-corrected chi connectivity index (χ3v) is 4.71. The highest BCUT2D eigenvalue weighted by Crippen LogP contribution is 2.31. The molecule has 1 N–H and O–H groups in total. The summed E-state index contributed by atoms with van der Waals surface area (Å²) < 4.78 is 7.47. The molecule has 0 spiro atoms. The Balaban J connectivity index is 1.71. The summed E-state index contributed by atoms with van der Waals surface area (Å²) in [5, 5.41) is 16.2. The lowest BCUT2D eigenvalue weighted by atomic mass is 10.2. The molecule has 120 valence electrons. The van der Waals surface area contributed by atoms with Crippen LogP contribution < -0.4 is 5.32 Å². The van der Waals surface area contributed by atoms with Crippen molar-refractivity contribution in [3.8, 4) is 10.6 Å². The topological polar surface area (TPSA) is 85.3 Å². The number of rotatable bonds is 3. The number of amides is 1. The van der Waals surface area contributed by atoms with Gasteiger partial charge in [-0.05, 0) is 47.1 Å². The summed E-state index contributed by atoms with van der Waals surface area (Å²) in [7, 11) is 0. The minimum atomic E-state index is -0.327. The first kappa shape index (κ1) is 15.0. The van der Waals surface area contributed by atoms with E-state index in [-0.39, 0.29) is 11.7 Å². The van der Waals surface area contributed by atoms with Gasteiger partial charge in [-0.25, -0.2) is 0 Å². The minimum absolute atomic E-state index is 0.227. The minimum Gasteiger partial charge on any atom is -0.444 e. The third kappa shape index (κ3) is 2.61. The fourth-order valence-corrected chi connectivity index (χ4v) is 3.45. The Morgan fingerprint density at radius 1 is 1.25 bits per heavy atom. The Hall–Kier alpha value is -2.52. The number of furan rings is 1. The molecule has 7 nitrogen and oxygen atoms in total. The SMILES string of the molecule is Cc1nnc2sc(-c3ccccc3NC(=O)c3ccc(Br)o3)nn12. The van der Waals surface area contributed by atoms with Crippen molar-refractivity contribution < 1.29 is 9.21 Å². The molecular weight excluding hydrogens is 394 g/mol. The van der Waals surface area contributed by atoms with E-state index >= 15 is 0 Å². The van der Waals surface area contributed by atoms with Gasteiger partial charge >= 0.3 is 0 Å². The highest BCUT2D eigenvalue weighted by Gasteiger charge is 2.16. The Bertz CT molecular complexity index is 1050. The average molecular weight is 404 g/mol. The molecule has 4 aromatic rings. The molecule has 0 aliphatic carbocycles. The Labute approximate surface area is 148 Å². The maximum atomic E-state index is 12.3. The van der Waals surface area contributed by atoms with Crippen molar-refractivity contribution in [1.29, 1.82) is 0 Å². The molecule has 0 atom stereocenters. The molecule has 0 saturated heterocycles. The Morgan fingerprint density at radius 3 is 2.83 bits per heavy atom. The number of hydrogen-bond acceptors (Lipinski definition) is 6. The number of nitrogens with zero attached hydrogens (tertiary/aromatic N) is 4. The molecule has 4 rings (SSSR count). The van der Waals surface area contributed by atoms with Crippen LogP contribution in [0.4, 0.5) is 5.69 Å². The van der Waals surface area contributed by atoms with E-state index in [9.17, 15) is 4.79 Å². The molecule has 24 heavy (non-hydrogen) atoms. The lowest BCUT2D eigenvalue weighted by Crippen LogP contribution is -2.11. The second-order valence-corrected chi connectivity index (χ2v) is 6.69. The van der Waals surface area contributed by atoms with Crippen molar-refractivity contribution >= 4 is 43.8 Å². The van der Waals surface area contributed by atoms with Gasteiger partial charge in [-0.1, -0.05) is 23.5 Å². The van der Waals surface area contributed by atoms with Crippen molar-refractivity contribution in [2.75, 3.05) is 5.32 Å². The van der Waals surface area contributed by atoms with E-state index in [1.807, 2.05) is 31.2 Å². The number of aryl methyl sites for hydroxylation is 1. The highest BCUT2D eigenvalue weighted by atomic mass is 79.9. The van der Waals surface area contributed by atoms with E-state index in [0.29, 0.717) is 15.3 Å². The number of carbonyl (C=O) groups is 1. The van der Waals surface area contributed by atoms with E-state index in [0.717, 1.165) is 16.4 Å². The smallest absolute Gasteiger partial charge is 0.291 e. The van der Waals surface area contributed by atoms with Gasteiger partial charge in [-0.2, -0.15) is 9.61 Å². The van der Waals surface area contributed by atoms with Crippen LogP contribution in [0.2, 0.25) is 0 Å². The number of anilines is 1. The van der Waals surface area contributed by atoms with Gasteiger partial charge in [0.05, 0.1) is 5.69 Å². The Morgan fingerprint density at radius 2 is 2.08 bits per heavy atom. The van der Waals surface area contributed by atoms with Gasteiger partial charge in [0.15, 0.2) is 16.3 Å². The van der Waals surface area contributed by atoms with E-state index in [1.165, 1.54) is 11.3 Å². The predicted octanol–water partition coefficient (Wildman–Crippen LogP) is 3.77. The summed E-state index contributed by atoms with van der Waals surface area (Å²) in [6.45, 7) is 1.84. The number of nitrogens with one attached hydrogen (secondary N) is 1. The Kier molecular flexibility index (Phi) is 3.66. The fraction of sp³-hybridized carbons (Fsp3) is 0.0667. The molecule has 0 saturated carbocycles. The molecule has 1 amide bonds. The average Bonchev–Trinajstić information content (AvgIpc) is 3.26. The number of halogens is 1. The van der Waals surface area contributed by atoms with Crippen molar-refractivity contribution in [3.63, 3.8) is 0 Å². The zero-order valence-electron chi connectivity index (χ0n) is 12.4. The molecule has 0 unspecified atom stereocenters. The highest BCUT2D eigenvalue weighted by molar-refractivity contribution is 9.10. The maximum Gasteiger partial charge on any atom is 0.291 e. The van der Waals surface area contributed by atoms with E-state index in [4.69, 9.17) is 4.42 Å². The van der Waals surface area contributed by atoms with E-state index < -0.39 is 0 Å². The number of hydrogen-bond donors (Lipinski definition) is 1. The fourth-order valence-electron chi connectivity index (χ4n) is 2.22. The standard InChI is InChI=1S/C15H10BrN5O2S/c1-8-18-19-15-21(8)20-14(24-15)9-4-2-3-5-10(9)17-13(22)11-6-7-12(16)23-11/h2-7H,1H3,(H,17,22). The molecule has 1 aromatic carbocycles. The van der Waals surface area contributed by atoms with E-state index in [2.05, 4.69) is 36.5 Å². The molecular formula is C15H10BrN5O2S. The number of aromatic nitrogens is 4. The summed E-state index contributed by atoms with van der Waals surface area (Å²) in [4.78, 5) is 13.0. The summed E-state index contributed by atoms with van der Waals surface area (Å²) >= 11 is 4.60. The van der Waals surface area contributed by atoms with Gasteiger partial charge in [0.25, 0.3) is 5.91 Å². The molecule has 0 fully saturated rings. The first-order chi connectivity index (χ1) is 11.6. The zero-order valence-corrected chi connectivity index (χ0v) is 14.8. The van der Waals surface area contributed by atoms with Crippen molar-refractivity contribution in [2.24, 2.45) is 0 Å². The van der Waals surface area contributed by atoms with Crippen LogP contribution in [0.5, 0.6) is 0 Å². The number of benzene rings is 1. The van der Waals surface area contributed by atoms with Crippen LogP contribution in [0.1, 0.15) is 16.4 Å². The second-order valence-electron chi connectivity index (χ2n) is 4.95. The molecule has 3 aromatic heterocycles. The molecule has 0 aliphatic heterocycles. The number of carbonyl (C=O) groups excluding carboxylic acids is 1. The van der Waals surface area contributed by atoms with Gasteiger partial charge in [0.1, 0.15) is 5.01 Å². The van der Waals surface area contributed by atoms with Crippen LogP contribution in [0.25, 0.3) is 15.5 Å². The van der Waals surface area contributed by atoms with Crippen LogP contribution in [0.15, 0.2) is 45.5 Å². The molecule has 0 radical (unpaired) electrons. The summed E-state index contributed by atoms with van der Waals surface area (Å²) in [6, 6.07) is 10.7. The van der Waals surface area contributed by atoms with Crippen LogP contribution in [0, 0.1) is 6.92 Å². The van der Waals surface area contributed by atoms with Crippen LogP contribution in [-0.4, -0.2) is 25.7 Å². The van der Waals surface area contributed by atoms with Gasteiger partial charge in [0, 0.05) is 5.56 Å².